The fourth-order valence-corrected chi connectivity index (χ4v) is 4.46. The van der Waals surface area contributed by atoms with Gasteiger partial charge < -0.3 is 5.73 Å². The topological polar surface area (TPSA) is 122 Å². The molecular weight excluding hydrogens is 438 g/mol. The maximum absolute atomic E-state index is 9.20. The van der Waals surface area contributed by atoms with Crippen molar-refractivity contribution in [3.05, 3.63) is 71.7 Å². The van der Waals surface area contributed by atoms with Crippen LogP contribution in [0.15, 0.2) is 54.7 Å². The number of benzene rings is 1. The summed E-state index contributed by atoms with van der Waals surface area (Å²) >= 11 is 0. The minimum atomic E-state index is 0.135. The van der Waals surface area contributed by atoms with Crippen molar-refractivity contribution in [2.45, 2.75) is 38.8 Å². The highest BCUT2D eigenvalue weighted by Gasteiger charge is 2.19. The molecule has 1 aromatic carbocycles. The van der Waals surface area contributed by atoms with Crippen LogP contribution in [0.3, 0.4) is 0 Å². The van der Waals surface area contributed by atoms with E-state index in [9.17, 15) is 5.26 Å². The molecule has 4 heterocycles. The third kappa shape index (κ3) is 5.18. The zero-order chi connectivity index (χ0) is 24.2. The number of nitriles is 1. The van der Waals surface area contributed by atoms with Crippen molar-refractivity contribution in [1.82, 2.24) is 34.8 Å². The summed E-state index contributed by atoms with van der Waals surface area (Å²) < 4.78 is 1.75. The van der Waals surface area contributed by atoms with Gasteiger partial charge in [-0.3, -0.25) is 9.88 Å². The summed E-state index contributed by atoms with van der Waals surface area (Å²) in [6.07, 6.45) is 5.66. The third-order valence-corrected chi connectivity index (χ3v) is 6.35. The zero-order valence-corrected chi connectivity index (χ0v) is 19.7. The van der Waals surface area contributed by atoms with E-state index in [-0.39, 0.29) is 5.95 Å². The highest BCUT2D eigenvalue weighted by molar-refractivity contribution is 5.68. The third-order valence-electron chi connectivity index (χ3n) is 6.35. The lowest BCUT2D eigenvalue weighted by Gasteiger charge is -2.32. The predicted molar refractivity (Wildman–Crippen MR) is 133 cm³/mol. The summed E-state index contributed by atoms with van der Waals surface area (Å²) in [5, 5.41) is 17.8. The average Bonchev–Trinajstić information content (AvgIpc) is 3.37. The van der Waals surface area contributed by atoms with Gasteiger partial charge in [-0.05, 0) is 63.2 Å². The summed E-state index contributed by atoms with van der Waals surface area (Å²) in [7, 11) is 0. The minimum Gasteiger partial charge on any atom is -0.368 e. The van der Waals surface area contributed by atoms with E-state index in [1.54, 1.807) is 22.9 Å². The highest BCUT2D eigenvalue weighted by atomic mass is 15.4. The van der Waals surface area contributed by atoms with Crippen molar-refractivity contribution < 1.29 is 0 Å². The van der Waals surface area contributed by atoms with Crippen LogP contribution in [0.25, 0.3) is 22.6 Å². The summed E-state index contributed by atoms with van der Waals surface area (Å²) in [5.41, 5.74) is 11.1. The molecule has 1 atom stereocenters. The van der Waals surface area contributed by atoms with Crippen LogP contribution in [-0.4, -0.2) is 47.9 Å². The number of nitrogen functional groups attached to an aromatic ring is 1. The molecule has 0 radical (unpaired) electrons. The van der Waals surface area contributed by atoms with Crippen LogP contribution in [-0.2, 0) is 6.54 Å². The molecule has 2 N–H and O–H groups in total. The van der Waals surface area contributed by atoms with Crippen molar-refractivity contribution in [3.63, 3.8) is 0 Å². The molecule has 176 valence electrons. The van der Waals surface area contributed by atoms with E-state index in [0.29, 0.717) is 35.2 Å². The molecule has 35 heavy (non-hydrogen) atoms. The van der Waals surface area contributed by atoms with Gasteiger partial charge in [0.25, 0.3) is 0 Å². The standard InChI is InChI=1S/C26H27N9/c1-18(34-11-3-2-4-12-34)22-10-6-9-21(29-22)16-35-17-25(32-33-35)24-14-23(30-26(28)31-24)20-8-5-7-19(13-20)15-27/h5-10,13-14,17-18H,2-4,11-12,16H2,1H3,(H2,28,30,31)/t18-/m0/s1. The normalized spacial score (nSPS) is 15.0. The minimum absolute atomic E-state index is 0.135. The number of nitrogens with two attached hydrogens (primary N) is 1. The summed E-state index contributed by atoms with van der Waals surface area (Å²) in [6.45, 7) is 4.99. The molecule has 1 aliphatic rings. The predicted octanol–water partition coefficient (Wildman–Crippen LogP) is 3.85. The Morgan fingerprint density at radius 2 is 1.77 bits per heavy atom. The van der Waals surface area contributed by atoms with Crippen LogP contribution in [0.1, 0.15) is 49.2 Å². The van der Waals surface area contributed by atoms with Gasteiger partial charge >= 0.3 is 0 Å². The average molecular weight is 466 g/mol. The van der Waals surface area contributed by atoms with Crippen LogP contribution in [0, 0.1) is 11.3 Å². The molecule has 0 unspecified atom stereocenters. The number of aromatic nitrogens is 6. The molecule has 5 rings (SSSR count). The largest absolute Gasteiger partial charge is 0.368 e. The van der Waals surface area contributed by atoms with Crippen molar-refractivity contribution in [2.75, 3.05) is 18.8 Å². The molecule has 0 bridgehead atoms. The van der Waals surface area contributed by atoms with Crippen LogP contribution in [0.4, 0.5) is 5.95 Å². The van der Waals surface area contributed by atoms with Crippen LogP contribution in [0.2, 0.25) is 0 Å². The zero-order valence-electron chi connectivity index (χ0n) is 19.7. The Hall–Kier alpha value is -4.16. The SMILES string of the molecule is C[C@@H](c1cccc(Cn2cc(-c3cc(-c4cccc(C#N)c4)nc(N)n3)nn2)n1)N1CCCCC1. The lowest BCUT2D eigenvalue weighted by Crippen LogP contribution is -2.32. The Balaban J connectivity index is 1.35. The fraction of sp³-hybridized carbons (Fsp3) is 0.308. The molecular formula is C26H27N9. The molecule has 4 aromatic rings. The van der Waals surface area contributed by atoms with Gasteiger partial charge in [0.2, 0.25) is 5.95 Å². The van der Waals surface area contributed by atoms with Gasteiger partial charge in [-0.25, -0.2) is 14.6 Å². The summed E-state index contributed by atoms with van der Waals surface area (Å²) in [6, 6.07) is 17.6. The first-order valence-corrected chi connectivity index (χ1v) is 11.8. The molecule has 3 aromatic heterocycles. The van der Waals surface area contributed by atoms with E-state index in [1.165, 1.54) is 19.3 Å². The van der Waals surface area contributed by atoms with Crippen molar-refractivity contribution in [2.24, 2.45) is 0 Å². The van der Waals surface area contributed by atoms with Crippen molar-refractivity contribution in [1.29, 1.82) is 5.26 Å². The molecule has 0 aliphatic carbocycles. The van der Waals surface area contributed by atoms with Crippen LogP contribution in [0.5, 0.6) is 0 Å². The number of hydrogen-bond donors (Lipinski definition) is 1. The number of rotatable bonds is 6. The monoisotopic (exact) mass is 465 g/mol. The Labute approximate surface area is 204 Å². The molecule has 1 fully saturated rings. The maximum Gasteiger partial charge on any atom is 0.221 e. The molecule has 9 nitrogen and oxygen atoms in total. The van der Waals surface area contributed by atoms with Gasteiger partial charge in [0.05, 0.1) is 47.1 Å². The maximum atomic E-state index is 9.20. The van der Waals surface area contributed by atoms with E-state index in [0.717, 1.165) is 30.0 Å². The lowest BCUT2D eigenvalue weighted by atomic mass is 10.1. The molecule has 0 saturated carbocycles. The Morgan fingerprint density at radius 3 is 2.60 bits per heavy atom. The van der Waals surface area contributed by atoms with E-state index in [2.05, 4.69) is 50.3 Å². The summed E-state index contributed by atoms with van der Waals surface area (Å²) in [5.74, 6) is 0.135. The molecule has 0 amide bonds. The Bertz CT molecular complexity index is 1370. The molecule has 9 heteroatoms. The van der Waals surface area contributed by atoms with Crippen molar-refractivity contribution in [3.8, 4) is 28.7 Å². The van der Waals surface area contributed by atoms with E-state index in [4.69, 9.17) is 10.7 Å². The van der Waals surface area contributed by atoms with E-state index < -0.39 is 0 Å². The van der Waals surface area contributed by atoms with Gasteiger partial charge in [0, 0.05) is 11.6 Å². The Kier molecular flexibility index (Phi) is 6.46. The number of anilines is 1. The molecule has 1 saturated heterocycles. The van der Waals surface area contributed by atoms with Crippen LogP contribution < -0.4 is 5.73 Å². The van der Waals surface area contributed by atoms with Gasteiger partial charge in [-0.2, -0.15) is 5.26 Å². The summed E-state index contributed by atoms with van der Waals surface area (Å²) in [4.78, 5) is 16.1. The number of likely N-dealkylation sites (tertiary alicyclic amines) is 1. The van der Waals surface area contributed by atoms with Gasteiger partial charge in [-0.1, -0.05) is 29.8 Å². The van der Waals surface area contributed by atoms with Crippen LogP contribution >= 0.6 is 0 Å². The first-order valence-electron chi connectivity index (χ1n) is 11.8. The quantitative estimate of drug-likeness (QED) is 0.456. The number of nitrogens with zero attached hydrogens (tertiary/aromatic N) is 8. The smallest absolute Gasteiger partial charge is 0.221 e. The highest BCUT2D eigenvalue weighted by Crippen LogP contribution is 2.25. The number of hydrogen-bond acceptors (Lipinski definition) is 8. The molecule has 0 spiro atoms. The molecule has 1 aliphatic heterocycles. The van der Waals surface area contributed by atoms with E-state index in [1.807, 2.05) is 24.4 Å². The first kappa shape index (κ1) is 22.6. The van der Waals surface area contributed by atoms with Crippen molar-refractivity contribution >= 4 is 5.95 Å². The van der Waals surface area contributed by atoms with Gasteiger partial charge in [0.1, 0.15) is 5.69 Å². The van der Waals surface area contributed by atoms with E-state index >= 15 is 0 Å². The fourth-order valence-electron chi connectivity index (χ4n) is 4.46. The Morgan fingerprint density at radius 1 is 0.971 bits per heavy atom. The number of piperidine rings is 1. The lowest BCUT2D eigenvalue weighted by molar-refractivity contribution is 0.172. The van der Waals surface area contributed by atoms with Gasteiger partial charge in [-0.15, -0.1) is 5.10 Å². The second-order valence-corrected chi connectivity index (χ2v) is 8.82. The number of pyridine rings is 1. The van der Waals surface area contributed by atoms with Gasteiger partial charge in [0.15, 0.2) is 0 Å². The second-order valence-electron chi connectivity index (χ2n) is 8.82. The second kappa shape index (κ2) is 9.99. The first-order chi connectivity index (χ1) is 17.1.